The van der Waals surface area contributed by atoms with Crippen LogP contribution in [0, 0.1) is 17.7 Å². The minimum absolute atomic E-state index is 0. The van der Waals surface area contributed by atoms with Gasteiger partial charge in [0.05, 0.1) is 16.7 Å². The van der Waals surface area contributed by atoms with Crippen LogP contribution in [0.1, 0.15) is 43.0 Å². The van der Waals surface area contributed by atoms with Crippen LogP contribution >= 0.6 is 23.2 Å². The monoisotopic (exact) mass is 1020 g/mol. The van der Waals surface area contributed by atoms with E-state index in [9.17, 15) is 14.0 Å². The van der Waals surface area contributed by atoms with Gasteiger partial charge in [-0.1, -0.05) is 23.2 Å². The molecule has 0 aromatic carbocycles. The molecule has 2 aliphatic heterocycles. The van der Waals surface area contributed by atoms with Crippen LogP contribution in [0.3, 0.4) is 0 Å². The Labute approximate surface area is 434 Å². The van der Waals surface area contributed by atoms with Gasteiger partial charge < -0.3 is 40.7 Å². The van der Waals surface area contributed by atoms with Gasteiger partial charge in [0.25, 0.3) is 6.47 Å². The van der Waals surface area contributed by atoms with Gasteiger partial charge in [0, 0.05) is 63.1 Å². The normalized spacial score (nSPS) is 13.9. The molecule has 2 aliphatic rings. The number of fused-ring (bicyclic) bond motifs is 2. The molecule has 1 N–H and O–H groups in total. The molecule has 6 heterocycles. The van der Waals surface area contributed by atoms with Crippen molar-refractivity contribution < 1.29 is 187 Å². The summed E-state index contributed by atoms with van der Waals surface area (Å²) in [4.78, 5) is 37.7. The Morgan fingerprint density at radius 1 is 0.887 bits per heavy atom. The summed E-state index contributed by atoms with van der Waals surface area (Å²) in [5.41, 5.74) is -0.0905. The van der Waals surface area contributed by atoms with Gasteiger partial charge in [-0.05, 0) is 47.6 Å². The Bertz CT molecular complexity index is 1770. The number of aromatic nitrogens is 6. The predicted molar refractivity (Wildman–Crippen MR) is 179 cm³/mol. The second kappa shape index (κ2) is 23.7. The third kappa shape index (κ3) is 17.3. The molecule has 0 unspecified atom stereocenters. The molecule has 282 valence electrons. The summed E-state index contributed by atoms with van der Waals surface area (Å²) in [7, 11) is 0. The number of aliphatic hydroxyl groups excluding tert-OH is 1. The number of aliphatic hydroxyl groups is 1. The van der Waals surface area contributed by atoms with E-state index in [2.05, 4.69) is 25.3 Å². The molecule has 53 heavy (non-hydrogen) atoms. The first kappa shape index (κ1) is 50.6. The third-order valence-corrected chi connectivity index (χ3v) is 7.04. The number of nitrogens with zero attached hydrogens (tertiary/aromatic N) is 8. The first-order valence-electron chi connectivity index (χ1n) is 15.5. The number of likely N-dealkylation sites (tertiary alicyclic amines) is 2. The second-order valence-corrected chi connectivity index (χ2v) is 14.2. The first-order chi connectivity index (χ1) is 23.9. The minimum atomic E-state index is -0.473. The number of rotatable bonds is 5. The smallest absolute Gasteiger partial charge is 1.00 e. The van der Waals surface area contributed by atoms with Crippen LogP contribution < -0.4 is 148 Å². The summed E-state index contributed by atoms with van der Waals surface area (Å²) >= 11 is 11.6. The molecule has 22 heteroatoms. The Kier molecular flexibility index (Phi) is 22.7. The Morgan fingerprint density at radius 3 is 1.77 bits per heavy atom. The van der Waals surface area contributed by atoms with E-state index in [1.165, 1.54) is 16.8 Å². The van der Waals surface area contributed by atoms with Crippen molar-refractivity contribution in [1.29, 1.82) is 0 Å². The summed E-state index contributed by atoms with van der Waals surface area (Å²) in [5, 5.41) is 33.0. The summed E-state index contributed by atoms with van der Waals surface area (Å²) in [6, 6.07) is 2.92. The topological polar surface area (TPSA) is 198 Å². The molecule has 2 fully saturated rings. The fraction of sp³-hybridized carbons (Fsp3) is 0.516. The molecule has 0 aliphatic carbocycles. The number of amides is 2. The van der Waals surface area contributed by atoms with Crippen molar-refractivity contribution >= 4 is 53.2 Å². The van der Waals surface area contributed by atoms with Gasteiger partial charge in [-0.3, -0.25) is 13.6 Å². The quantitative estimate of drug-likeness (QED) is 0.126. The van der Waals surface area contributed by atoms with E-state index >= 15 is 0 Å². The van der Waals surface area contributed by atoms with E-state index in [4.69, 9.17) is 52.6 Å². The van der Waals surface area contributed by atoms with Crippen molar-refractivity contribution in [2.24, 2.45) is 11.8 Å². The second-order valence-electron chi connectivity index (χ2n) is 13.3. The number of halogens is 3. The Balaban J connectivity index is 0.000000775. The average Bonchev–Trinajstić information content (AvgIpc) is 3.64. The maximum atomic E-state index is 12.9. The van der Waals surface area contributed by atoms with Gasteiger partial charge in [-0.25, -0.2) is 14.0 Å². The van der Waals surface area contributed by atoms with Gasteiger partial charge in [0.15, 0.2) is 17.2 Å². The standard InChI is InChI=1S/C15H19ClN4O3.C9H17NO3.C6H3ClFN3.CH2O3.2Cs.H/c1-15(2,3)23-14(21)19-5-10(6-19)8-22-12-4-11(16)7-20-9-17-18-13(12)20;1-9(2,3)13-8(12)10-4-7(5-10)6-11;7-4-1-5(8)6-10-9-3-11(6)2-4;2-1-4-3;;;/h4,7,9-10H,5-6,8H2,1-3H3;7,11H,4-6H2,1-3H3;1-3H;1,3H;;;/q;;;;2*+1;-1/p-1. The summed E-state index contributed by atoms with van der Waals surface area (Å²) in [6.07, 6.45) is 5.66. The van der Waals surface area contributed by atoms with Gasteiger partial charge >= 0.3 is 150 Å². The van der Waals surface area contributed by atoms with Gasteiger partial charge in [-0.15, -0.1) is 20.4 Å². The molecule has 0 saturated carbocycles. The van der Waals surface area contributed by atoms with Crippen LogP contribution in [0.5, 0.6) is 5.75 Å². The van der Waals surface area contributed by atoms with Crippen LogP contribution in [0.4, 0.5) is 14.0 Å². The minimum Gasteiger partial charge on any atom is -1.00 e. The van der Waals surface area contributed by atoms with Crippen LogP contribution in [0.2, 0.25) is 10.0 Å². The van der Waals surface area contributed by atoms with Crippen molar-refractivity contribution in [1.82, 2.24) is 39.0 Å². The van der Waals surface area contributed by atoms with Gasteiger partial charge in [0.1, 0.15) is 23.9 Å². The van der Waals surface area contributed by atoms with E-state index in [-0.39, 0.29) is 182 Å². The largest absolute Gasteiger partial charge is 1.00 e. The van der Waals surface area contributed by atoms with Crippen LogP contribution in [-0.2, 0) is 19.2 Å². The molecular formula is C31H41Cl2Cs2FN8O9. The van der Waals surface area contributed by atoms with E-state index in [0.29, 0.717) is 54.2 Å². The molecule has 0 atom stereocenters. The fourth-order valence-electron chi connectivity index (χ4n) is 4.36. The zero-order valence-electron chi connectivity index (χ0n) is 31.9. The maximum Gasteiger partial charge on any atom is 1.00 e. The first-order valence-corrected chi connectivity index (χ1v) is 16.2. The molecule has 0 bridgehead atoms. The third-order valence-electron chi connectivity index (χ3n) is 6.63. The number of pyridine rings is 2. The van der Waals surface area contributed by atoms with Crippen LogP contribution in [-0.4, -0.2) is 113 Å². The SMILES string of the molecule is CC(C)(C)OC(=O)N1CC(CO)C1.CC(C)(C)OC(=O)N1CC(COc2cc(Cl)cn3cnnc23)C1.Fc1cc(Cl)cn2cnnc12.O=CO[O-].[Cs+].[Cs+].[H-]. The molecule has 2 saturated heterocycles. The zero-order valence-corrected chi connectivity index (χ0v) is 44.9. The molecule has 17 nitrogen and oxygen atoms in total. The molecule has 0 radical (unpaired) electrons. The molecule has 2 amide bonds. The van der Waals surface area contributed by atoms with Crippen molar-refractivity contribution in [3.8, 4) is 5.75 Å². The van der Waals surface area contributed by atoms with E-state index in [1.54, 1.807) is 39.0 Å². The summed E-state index contributed by atoms with van der Waals surface area (Å²) in [6.45, 7) is 14.0. The van der Waals surface area contributed by atoms with Crippen molar-refractivity contribution in [3.05, 3.63) is 53.0 Å². The maximum absolute atomic E-state index is 12.9. The van der Waals surface area contributed by atoms with Crippen molar-refractivity contribution in [3.63, 3.8) is 0 Å². The van der Waals surface area contributed by atoms with E-state index < -0.39 is 17.0 Å². The number of hydrogen-bond donors (Lipinski definition) is 1. The van der Waals surface area contributed by atoms with Gasteiger partial charge in [-0.2, -0.15) is 0 Å². The molecule has 0 spiro atoms. The van der Waals surface area contributed by atoms with Crippen molar-refractivity contribution in [2.75, 3.05) is 39.4 Å². The Morgan fingerprint density at radius 2 is 1.32 bits per heavy atom. The van der Waals surface area contributed by atoms with E-state index in [1.807, 2.05) is 41.5 Å². The molecular weight excluding hydrogens is 984 g/mol. The van der Waals surface area contributed by atoms with E-state index in [0.717, 1.165) is 0 Å². The number of carbonyl (C=O) groups excluding carboxylic acids is 3. The molecule has 4 aromatic heterocycles. The molecule has 4 aromatic rings. The summed E-state index contributed by atoms with van der Waals surface area (Å²) in [5.74, 6) is 0.637. The summed E-state index contributed by atoms with van der Waals surface area (Å²) < 4.78 is 32.3. The average molecular weight is 1030 g/mol. The van der Waals surface area contributed by atoms with Crippen molar-refractivity contribution in [2.45, 2.75) is 52.7 Å². The van der Waals surface area contributed by atoms with Crippen LogP contribution in [0.25, 0.3) is 11.3 Å². The van der Waals surface area contributed by atoms with Crippen LogP contribution in [0.15, 0.2) is 37.2 Å². The number of ether oxygens (including phenoxy) is 3. The van der Waals surface area contributed by atoms with Gasteiger partial charge in [0.2, 0.25) is 5.65 Å². The predicted octanol–water partition coefficient (Wildman–Crippen LogP) is -2.45. The molecule has 6 rings (SSSR count). The Hall–Kier alpha value is -0.416. The fourth-order valence-corrected chi connectivity index (χ4v) is 4.77. The number of carbonyl (C=O) groups is 3. The number of hydrogen-bond acceptors (Lipinski definition) is 13. The zero-order chi connectivity index (χ0) is 37.9.